The Hall–Kier alpha value is -3.78. The normalized spacial score (nSPS) is 11.8. The Morgan fingerprint density at radius 1 is 1.00 bits per heavy atom. The number of carbonyl (C=O) groups is 2. The van der Waals surface area contributed by atoms with Crippen LogP contribution in [0.5, 0.6) is 11.5 Å². The highest BCUT2D eigenvalue weighted by molar-refractivity contribution is 7.17. The maximum Gasteiger partial charge on any atom is 0.356 e. The van der Waals surface area contributed by atoms with E-state index in [2.05, 4.69) is 5.32 Å². The summed E-state index contributed by atoms with van der Waals surface area (Å²) in [6.07, 6.45) is -0.490. The number of ether oxygens (including phenoxy) is 3. The number of hydrogen-bond donors (Lipinski definition) is 1. The van der Waals surface area contributed by atoms with Gasteiger partial charge in [-0.1, -0.05) is 35.9 Å². The van der Waals surface area contributed by atoms with E-state index >= 15 is 0 Å². The molecule has 0 radical (unpaired) electrons. The number of benzene rings is 2. The van der Waals surface area contributed by atoms with Crippen LogP contribution in [0, 0.1) is 6.92 Å². The van der Waals surface area contributed by atoms with Gasteiger partial charge in [0.2, 0.25) is 6.10 Å². The average molecular weight is 493 g/mol. The van der Waals surface area contributed by atoms with Crippen molar-refractivity contribution in [2.45, 2.75) is 19.4 Å². The van der Waals surface area contributed by atoms with Crippen molar-refractivity contribution in [1.29, 1.82) is 0 Å². The van der Waals surface area contributed by atoms with Gasteiger partial charge in [-0.3, -0.25) is 4.79 Å². The molecule has 1 unspecified atom stereocenters. The Kier molecular flexibility index (Phi) is 7.41. The molecule has 182 valence electrons. The zero-order chi connectivity index (χ0) is 24.9. The van der Waals surface area contributed by atoms with Crippen LogP contribution in [0.15, 0.2) is 60.0 Å². The van der Waals surface area contributed by atoms with E-state index in [-0.39, 0.29) is 5.91 Å². The lowest BCUT2D eigenvalue weighted by Crippen LogP contribution is -2.33. The number of nitrogens with zero attached hydrogens (tertiary/aromatic N) is 1. The van der Waals surface area contributed by atoms with Crippen molar-refractivity contribution < 1.29 is 23.8 Å². The van der Waals surface area contributed by atoms with Crippen molar-refractivity contribution in [1.82, 2.24) is 9.88 Å². The molecule has 4 rings (SSSR count). The van der Waals surface area contributed by atoms with Crippen molar-refractivity contribution in [2.75, 3.05) is 20.8 Å². The van der Waals surface area contributed by atoms with E-state index in [1.54, 1.807) is 36.2 Å². The molecule has 0 aliphatic rings. The van der Waals surface area contributed by atoms with E-state index in [1.807, 2.05) is 67.9 Å². The molecule has 0 aliphatic heterocycles. The Balaban J connectivity index is 1.48. The van der Waals surface area contributed by atoms with Gasteiger partial charge in [0.25, 0.3) is 5.91 Å². The van der Waals surface area contributed by atoms with E-state index in [4.69, 9.17) is 14.2 Å². The lowest BCUT2D eigenvalue weighted by molar-refractivity contribution is -0.130. The van der Waals surface area contributed by atoms with Crippen molar-refractivity contribution in [3.05, 3.63) is 82.4 Å². The van der Waals surface area contributed by atoms with Crippen LogP contribution in [0.4, 0.5) is 0 Å². The summed E-state index contributed by atoms with van der Waals surface area (Å²) in [4.78, 5) is 26.2. The fraction of sp³-hybridized carbons (Fsp3) is 0.259. The lowest BCUT2D eigenvalue weighted by Gasteiger charge is -2.19. The zero-order valence-corrected chi connectivity index (χ0v) is 21.0. The SMILES string of the molecule is COc1ccc(CCNC(=O)C(OC(=O)c2cc3sccc3n2C)c2ccc(C)cc2)cc1OC. The second kappa shape index (κ2) is 10.7. The average Bonchev–Trinajstić information content (AvgIpc) is 3.45. The molecule has 0 saturated heterocycles. The third-order valence-corrected chi connectivity index (χ3v) is 6.73. The number of aryl methyl sites for hydroxylation is 2. The molecule has 0 spiro atoms. The van der Waals surface area contributed by atoms with Crippen molar-refractivity contribution in [3.63, 3.8) is 0 Å². The summed E-state index contributed by atoms with van der Waals surface area (Å²) in [6.45, 7) is 2.33. The number of thiophene rings is 1. The first-order valence-electron chi connectivity index (χ1n) is 11.2. The number of nitrogens with one attached hydrogen (secondary N) is 1. The fourth-order valence-corrected chi connectivity index (χ4v) is 4.74. The molecule has 0 saturated carbocycles. The fourth-order valence-electron chi connectivity index (χ4n) is 3.89. The van der Waals surface area contributed by atoms with Crippen molar-refractivity contribution in [3.8, 4) is 11.5 Å². The van der Waals surface area contributed by atoms with Crippen LogP contribution in [0.3, 0.4) is 0 Å². The molecule has 0 fully saturated rings. The maximum absolute atomic E-state index is 13.2. The van der Waals surface area contributed by atoms with Gasteiger partial charge in [-0.05, 0) is 48.6 Å². The Morgan fingerprint density at radius 3 is 2.43 bits per heavy atom. The molecule has 8 heteroatoms. The first-order valence-corrected chi connectivity index (χ1v) is 12.1. The molecule has 35 heavy (non-hydrogen) atoms. The monoisotopic (exact) mass is 492 g/mol. The van der Waals surface area contributed by atoms with Gasteiger partial charge in [0.15, 0.2) is 11.5 Å². The van der Waals surface area contributed by atoms with Crippen LogP contribution in [0.2, 0.25) is 0 Å². The molecule has 2 aromatic carbocycles. The van der Waals surface area contributed by atoms with Crippen LogP contribution in [-0.4, -0.2) is 37.2 Å². The molecule has 4 aromatic rings. The van der Waals surface area contributed by atoms with Gasteiger partial charge in [0, 0.05) is 19.2 Å². The molecule has 0 aliphatic carbocycles. The molecule has 2 aromatic heterocycles. The molecule has 1 atom stereocenters. The second-order valence-corrected chi connectivity index (χ2v) is 9.13. The second-order valence-electron chi connectivity index (χ2n) is 8.19. The summed E-state index contributed by atoms with van der Waals surface area (Å²) in [5, 5.41) is 4.88. The molecule has 7 nitrogen and oxygen atoms in total. The number of fused-ring (bicyclic) bond motifs is 1. The van der Waals surface area contributed by atoms with Crippen LogP contribution < -0.4 is 14.8 Å². The van der Waals surface area contributed by atoms with Gasteiger partial charge in [-0.15, -0.1) is 11.3 Å². The molecular formula is C27H28N2O5S. The summed E-state index contributed by atoms with van der Waals surface area (Å²) in [7, 11) is 4.99. The van der Waals surface area contributed by atoms with Gasteiger partial charge < -0.3 is 24.1 Å². The molecule has 2 heterocycles. The predicted molar refractivity (Wildman–Crippen MR) is 136 cm³/mol. The summed E-state index contributed by atoms with van der Waals surface area (Å²) in [5.74, 6) is 0.354. The number of hydrogen-bond acceptors (Lipinski definition) is 6. The highest BCUT2D eigenvalue weighted by atomic mass is 32.1. The minimum absolute atomic E-state index is 0.369. The van der Waals surface area contributed by atoms with E-state index in [9.17, 15) is 9.59 Å². The largest absolute Gasteiger partial charge is 0.493 e. The number of rotatable bonds is 9. The summed E-state index contributed by atoms with van der Waals surface area (Å²) < 4.78 is 19.2. The first-order chi connectivity index (χ1) is 16.9. The lowest BCUT2D eigenvalue weighted by atomic mass is 10.1. The summed E-state index contributed by atoms with van der Waals surface area (Å²) in [6, 6.07) is 16.8. The predicted octanol–water partition coefficient (Wildman–Crippen LogP) is 4.82. The number of esters is 1. The quantitative estimate of drug-likeness (QED) is 0.339. The summed E-state index contributed by atoms with van der Waals surface area (Å²) >= 11 is 1.55. The van der Waals surface area contributed by atoms with Crippen molar-refractivity contribution >= 4 is 33.4 Å². The van der Waals surface area contributed by atoms with Gasteiger partial charge in [-0.25, -0.2) is 4.79 Å². The van der Waals surface area contributed by atoms with Gasteiger partial charge >= 0.3 is 5.97 Å². The standard InChI is InChI=1S/C27H28N2O5S/c1-17-5-8-19(9-6-17)25(34-27(31)21-16-24-20(29(21)2)12-14-35-24)26(30)28-13-11-18-7-10-22(32-3)23(15-18)33-4/h5-10,12,14-16,25H,11,13H2,1-4H3,(H,28,30). The maximum atomic E-state index is 13.2. The number of amides is 1. The van der Waals surface area contributed by atoms with Gasteiger partial charge in [0.05, 0.1) is 24.4 Å². The van der Waals surface area contributed by atoms with E-state index < -0.39 is 12.1 Å². The number of carbonyl (C=O) groups excluding carboxylic acids is 2. The highest BCUT2D eigenvalue weighted by Gasteiger charge is 2.27. The smallest absolute Gasteiger partial charge is 0.356 e. The minimum atomic E-state index is -1.07. The number of aromatic nitrogens is 1. The molecule has 0 bridgehead atoms. The molecule has 1 amide bonds. The Labute approximate surface area is 208 Å². The molecule has 1 N–H and O–H groups in total. The molecular weight excluding hydrogens is 464 g/mol. The summed E-state index contributed by atoms with van der Waals surface area (Å²) in [5.41, 5.74) is 4.00. The van der Waals surface area contributed by atoms with Gasteiger partial charge in [-0.2, -0.15) is 0 Å². The van der Waals surface area contributed by atoms with Crippen LogP contribution in [0.1, 0.15) is 33.3 Å². The van der Waals surface area contributed by atoms with E-state index in [0.29, 0.717) is 35.7 Å². The van der Waals surface area contributed by atoms with Crippen molar-refractivity contribution in [2.24, 2.45) is 7.05 Å². The van der Waals surface area contributed by atoms with E-state index in [1.165, 1.54) is 0 Å². The third-order valence-electron chi connectivity index (χ3n) is 5.88. The topological polar surface area (TPSA) is 78.8 Å². The van der Waals surface area contributed by atoms with Crippen LogP contribution in [-0.2, 0) is 23.0 Å². The Bertz CT molecular complexity index is 1340. The highest BCUT2D eigenvalue weighted by Crippen LogP contribution is 2.28. The van der Waals surface area contributed by atoms with Crippen LogP contribution >= 0.6 is 11.3 Å². The van der Waals surface area contributed by atoms with E-state index in [0.717, 1.165) is 21.3 Å². The minimum Gasteiger partial charge on any atom is -0.493 e. The number of methoxy groups -OCH3 is 2. The zero-order valence-electron chi connectivity index (χ0n) is 20.2. The Morgan fingerprint density at radius 2 is 1.74 bits per heavy atom. The first kappa shape index (κ1) is 24.3. The van der Waals surface area contributed by atoms with Gasteiger partial charge in [0.1, 0.15) is 5.69 Å². The third kappa shape index (κ3) is 5.33. The van der Waals surface area contributed by atoms with Crippen LogP contribution in [0.25, 0.3) is 10.2 Å².